The third-order valence-electron chi connectivity index (χ3n) is 7.02. The van der Waals surface area contributed by atoms with Gasteiger partial charge in [-0.1, -0.05) is 11.6 Å². The molecule has 0 spiro atoms. The molecule has 3 amide bonds. The number of hydrogen-bond acceptors (Lipinski definition) is 5. The molecule has 184 valence electrons. The number of piperazine rings is 1. The highest BCUT2D eigenvalue weighted by atomic mass is 35.5. The van der Waals surface area contributed by atoms with Gasteiger partial charge in [-0.3, -0.25) is 19.3 Å². The first kappa shape index (κ1) is 23.6. The largest absolute Gasteiger partial charge is 0.369 e. The number of carbonyl (C=O) groups is 3. The molecule has 3 aliphatic rings. The van der Waals surface area contributed by atoms with Crippen molar-refractivity contribution >= 4 is 46.4 Å². The Kier molecular flexibility index (Phi) is 6.92. The molecule has 0 aromatic heterocycles. The highest BCUT2D eigenvalue weighted by Gasteiger charge is 2.30. The number of aryl methyl sites for hydroxylation is 2. The zero-order valence-corrected chi connectivity index (χ0v) is 20.4. The number of anilines is 3. The smallest absolute Gasteiger partial charge is 0.313 e. The Morgan fingerprint density at radius 1 is 0.886 bits per heavy atom. The van der Waals surface area contributed by atoms with Crippen LogP contribution in [0.3, 0.4) is 0 Å². The number of amides is 3. The second-order valence-electron chi connectivity index (χ2n) is 9.31. The van der Waals surface area contributed by atoms with Crippen LogP contribution < -0.4 is 20.4 Å². The molecule has 3 heterocycles. The molecule has 2 aromatic rings. The van der Waals surface area contributed by atoms with Crippen molar-refractivity contribution in [3.05, 3.63) is 52.5 Å². The lowest BCUT2D eigenvalue weighted by molar-refractivity contribution is -0.136. The molecular formula is C26H30ClN5O3. The van der Waals surface area contributed by atoms with Gasteiger partial charge in [0.05, 0.1) is 5.69 Å². The lowest BCUT2D eigenvalue weighted by Gasteiger charge is -2.36. The van der Waals surface area contributed by atoms with E-state index in [4.69, 9.17) is 11.6 Å². The van der Waals surface area contributed by atoms with Gasteiger partial charge < -0.3 is 20.4 Å². The summed E-state index contributed by atoms with van der Waals surface area (Å²) in [6.07, 6.45) is 2.93. The number of hydrogen-bond donors (Lipinski definition) is 2. The van der Waals surface area contributed by atoms with Crippen LogP contribution in [0.2, 0.25) is 5.02 Å². The van der Waals surface area contributed by atoms with Crippen LogP contribution in [0.25, 0.3) is 0 Å². The maximum atomic E-state index is 12.5. The predicted molar refractivity (Wildman–Crippen MR) is 137 cm³/mol. The molecule has 0 aliphatic carbocycles. The monoisotopic (exact) mass is 495 g/mol. The van der Waals surface area contributed by atoms with Crippen LogP contribution >= 0.6 is 11.6 Å². The first-order valence-electron chi connectivity index (χ1n) is 12.3. The molecule has 1 fully saturated rings. The molecular weight excluding hydrogens is 466 g/mol. The van der Waals surface area contributed by atoms with Gasteiger partial charge in [-0.15, -0.1) is 0 Å². The third kappa shape index (κ3) is 5.28. The summed E-state index contributed by atoms with van der Waals surface area (Å²) in [5.74, 6) is -1.13. The van der Waals surface area contributed by atoms with Gasteiger partial charge in [-0.2, -0.15) is 0 Å². The molecule has 8 nitrogen and oxygen atoms in total. The van der Waals surface area contributed by atoms with Crippen molar-refractivity contribution in [2.75, 3.05) is 60.9 Å². The van der Waals surface area contributed by atoms with E-state index in [1.54, 1.807) is 0 Å². The average molecular weight is 496 g/mol. The normalized spacial score (nSPS) is 17.7. The van der Waals surface area contributed by atoms with E-state index in [0.29, 0.717) is 31.6 Å². The van der Waals surface area contributed by atoms with Gasteiger partial charge in [0.2, 0.25) is 5.91 Å². The van der Waals surface area contributed by atoms with Gasteiger partial charge in [-0.05, 0) is 66.8 Å². The number of carbonyl (C=O) groups excluding carboxylic acids is 3. The summed E-state index contributed by atoms with van der Waals surface area (Å²) >= 11 is 5.98. The van der Waals surface area contributed by atoms with Gasteiger partial charge in [-0.25, -0.2) is 0 Å². The highest BCUT2D eigenvalue weighted by molar-refractivity contribution is 6.39. The van der Waals surface area contributed by atoms with Gasteiger partial charge in [0.15, 0.2) is 0 Å². The van der Waals surface area contributed by atoms with Crippen molar-refractivity contribution < 1.29 is 14.4 Å². The second-order valence-corrected chi connectivity index (χ2v) is 9.74. The fraction of sp³-hybridized carbons (Fsp3) is 0.423. The van der Waals surface area contributed by atoms with Crippen molar-refractivity contribution in [1.29, 1.82) is 0 Å². The number of benzene rings is 2. The zero-order valence-electron chi connectivity index (χ0n) is 19.7. The van der Waals surface area contributed by atoms with Crippen LogP contribution in [0.15, 0.2) is 36.4 Å². The SMILES string of the molecule is O=C(NCCN1CCN(c2ccc(Cl)cc2)CC1)C(=O)Nc1cc2c3c(c1)CCC(=O)N3CCC2. The Morgan fingerprint density at radius 2 is 1.60 bits per heavy atom. The van der Waals surface area contributed by atoms with Crippen LogP contribution in [0.5, 0.6) is 0 Å². The van der Waals surface area contributed by atoms with Crippen LogP contribution in [0, 0.1) is 0 Å². The summed E-state index contributed by atoms with van der Waals surface area (Å²) in [6, 6.07) is 11.7. The summed E-state index contributed by atoms with van der Waals surface area (Å²) in [4.78, 5) is 43.6. The Balaban J connectivity index is 1.09. The molecule has 2 N–H and O–H groups in total. The fourth-order valence-corrected chi connectivity index (χ4v) is 5.33. The van der Waals surface area contributed by atoms with Crippen molar-refractivity contribution in [3.63, 3.8) is 0 Å². The Morgan fingerprint density at radius 3 is 2.34 bits per heavy atom. The Bertz CT molecular complexity index is 1110. The van der Waals surface area contributed by atoms with Crippen molar-refractivity contribution in [2.45, 2.75) is 25.7 Å². The van der Waals surface area contributed by atoms with Crippen molar-refractivity contribution in [1.82, 2.24) is 10.2 Å². The highest BCUT2D eigenvalue weighted by Crippen LogP contribution is 2.37. The van der Waals surface area contributed by atoms with E-state index >= 15 is 0 Å². The Labute approximate surface area is 210 Å². The van der Waals surface area contributed by atoms with Crippen LogP contribution in [0.1, 0.15) is 24.0 Å². The quantitative estimate of drug-likeness (QED) is 0.622. The summed E-state index contributed by atoms with van der Waals surface area (Å²) in [5, 5.41) is 6.22. The predicted octanol–water partition coefficient (Wildman–Crippen LogP) is 2.44. The molecule has 0 radical (unpaired) electrons. The van der Waals surface area contributed by atoms with Crippen LogP contribution in [-0.4, -0.2) is 68.4 Å². The zero-order chi connectivity index (χ0) is 24.4. The van der Waals surface area contributed by atoms with E-state index in [-0.39, 0.29) is 5.91 Å². The van der Waals surface area contributed by atoms with Crippen molar-refractivity contribution in [3.8, 4) is 0 Å². The van der Waals surface area contributed by atoms with E-state index in [0.717, 1.165) is 73.1 Å². The molecule has 9 heteroatoms. The minimum absolute atomic E-state index is 0.168. The first-order valence-corrected chi connectivity index (χ1v) is 12.6. The Hall–Kier alpha value is -3.10. The molecule has 0 saturated carbocycles. The standard InChI is InChI=1S/C26H30ClN5O3/c27-20-4-6-22(7-5-20)31-14-12-30(13-15-31)11-9-28-25(34)26(35)29-21-16-18-2-1-10-32-23(33)8-3-19(17-21)24(18)32/h4-7,16-17H,1-3,8-15H2,(H,28,34)(H,29,35). The van der Waals surface area contributed by atoms with Crippen LogP contribution in [-0.2, 0) is 27.2 Å². The average Bonchev–Trinajstić information content (AvgIpc) is 2.87. The van der Waals surface area contributed by atoms with Gasteiger partial charge >= 0.3 is 11.8 Å². The number of halogens is 1. The number of rotatable bonds is 5. The van der Waals surface area contributed by atoms with Gasteiger partial charge in [0.1, 0.15) is 0 Å². The van der Waals surface area contributed by atoms with E-state index < -0.39 is 11.8 Å². The lowest BCUT2D eigenvalue weighted by Crippen LogP contribution is -2.49. The van der Waals surface area contributed by atoms with E-state index in [1.165, 1.54) is 0 Å². The fourth-order valence-electron chi connectivity index (χ4n) is 5.20. The van der Waals surface area contributed by atoms with Gasteiger partial charge in [0, 0.05) is 68.6 Å². The minimum atomic E-state index is -0.663. The van der Waals surface area contributed by atoms with E-state index in [2.05, 4.69) is 20.4 Å². The van der Waals surface area contributed by atoms with E-state index in [9.17, 15) is 14.4 Å². The molecule has 5 rings (SSSR count). The third-order valence-corrected chi connectivity index (χ3v) is 7.27. The van der Waals surface area contributed by atoms with Crippen molar-refractivity contribution in [2.24, 2.45) is 0 Å². The molecule has 0 unspecified atom stereocenters. The summed E-state index contributed by atoms with van der Waals surface area (Å²) < 4.78 is 0. The molecule has 3 aliphatic heterocycles. The summed E-state index contributed by atoms with van der Waals surface area (Å²) in [5.41, 5.74) is 4.92. The molecule has 35 heavy (non-hydrogen) atoms. The van der Waals surface area contributed by atoms with Gasteiger partial charge in [0.25, 0.3) is 0 Å². The first-order chi connectivity index (χ1) is 17.0. The molecule has 1 saturated heterocycles. The molecule has 2 aromatic carbocycles. The number of nitrogens with zero attached hydrogens (tertiary/aromatic N) is 3. The maximum Gasteiger partial charge on any atom is 0.313 e. The summed E-state index contributed by atoms with van der Waals surface area (Å²) in [6.45, 7) is 5.45. The maximum absolute atomic E-state index is 12.5. The van der Waals surface area contributed by atoms with Crippen LogP contribution in [0.4, 0.5) is 17.1 Å². The molecule has 0 atom stereocenters. The second kappa shape index (κ2) is 10.3. The lowest BCUT2D eigenvalue weighted by atomic mass is 9.91. The minimum Gasteiger partial charge on any atom is -0.369 e. The number of nitrogens with one attached hydrogen (secondary N) is 2. The summed E-state index contributed by atoms with van der Waals surface area (Å²) in [7, 11) is 0. The molecule has 0 bridgehead atoms. The topological polar surface area (TPSA) is 85.0 Å². The van der Waals surface area contributed by atoms with E-state index in [1.807, 2.05) is 41.3 Å².